The van der Waals surface area contributed by atoms with E-state index in [4.69, 9.17) is 4.42 Å². The Morgan fingerprint density at radius 3 is 2.78 bits per heavy atom. The van der Waals surface area contributed by atoms with E-state index in [9.17, 15) is 0 Å². The van der Waals surface area contributed by atoms with Gasteiger partial charge in [-0.05, 0) is 32.5 Å². The predicted molar refractivity (Wildman–Crippen MR) is 73.2 cm³/mol. The van der Waals surface area contributed by atoms with Crippen LogP contribution >= 0.6 is 0 Å². The first-order chi connectivity index (χ1) is 8.61. The lowest BCUT2D eigenvalue weighted by Gasteiger charge is -2.17. The molecule has 0 atom stereocenters. The highest BCUT2D eigenvalue weighted by molar-refractivity contribution is 5.60. The number of oxazole rings is 1. The second-order valence-electron chi connectivity index (χ2n) is 4.50. The van der Waals surface area contributed by atoms with Gasteiger partial charge in [-0.2, -0.15) is 4.98 Å². The molecule has 0 unspecified atom stereocenters. The summed E-state index contributed by atoms with van der Waals surface area (Å²) in [5.41, 5.74) is 4.49. The first-order valence-electron chi connectivity index (χ1n) is 6.02. The van der Waals surface area contributed by atoms with Gasteiger partial charge in [-0.1, -0.05) is 17.7 Å². The highest BCUT2D eigenvalue weighted by Crippen LogP contribution is 2.26. The molecule has 2 rings (SSSR count). The van der Waals surface area contributed by atoms with Crippen molar-refractivity contribution in [2.45, 2.75) is 20.4 Å². The minimum absolute atomic E-state index is 0.618. The smallest absolute Gasteiger partial charge is 0.301 e. The molecule has 2 aromatic rings. The van der Waals surface area contributed by atoms with Crippen LogP contribution in [0.3, 0.4) is 0 Å². The first-order valence-corrected chi connectivity index (χ1v) is 6.02. The van der Waals surface area contributed by atoms with Gasteiger partial charge in [0.05, 0.1) is 5.69 Å². The molecule has 18 heavy (non-hydrogen) atoms. The summed E-state index contributed by atoms with van der Waals surface area (Å²) in [6.45, 7) is 4.90. The lowest BCUT2D eigenvalue weighted by Crippen LogP contribution is -2.12. The maximum absolute atomic E-state index is 5.49. The molecule has 4 heteroatoms. The number of anilines is 2. The number of nitrogens with one attached hydrogen (secondary N) is 1. The molecule has 0 fully saturated rings. The highest BCUT2D eigenvalue weighted by atomic mass is 16.4. The van der Waals surface area contributed by atoms with E-state index >= 15 is 0 Å². The number of rotatable bonds is 4. The average Bonchev–Trinajstić information content (AvgIpc) is 2.77. The van der Waals surface area contributed by atoms with Crippen LogP contribution in [0.4, 0.5) is 11.7 Å². The Morgan fingerprint density at radius 2 is 2.11 bits per heavy atom. The largest absolute Gasteiger partial charge is 0.431 e. The van der Waals surface area contributed by atoms with Gasteiger partial charge in [0.1, 0.15) is 6.26 Å². The highest BCUT2D eigenvalue weighted by Gasteiger charge is 2.12. The molecule has 1 aromatic heterocycles. The number of aromatic nitrogens is 1. The second-order valence-corrected chi connectivity index (χ2v) is 4.50. The maximum Gasteiger partial charge on any atom is 0.301 e. The molecule has 1 heterocycles. The maximum atomic E-state index is 5.49. The van der Waals surface area contributed by atoms with Crippen molar-refractivity contribution in [3.63, 3.8) is 0 Å². The summed E-state index contributed by atoms with van der Waals surface area (Å²) < 4.78 is 5.49. The molecule has 4 nitrogen and oxygen atoms in total. The Kier molecular flexibility index (Phi) is 3.67. The number of aryl methyl sites for hydroxylation is 2. The monoisotopic (exact) mass is 245 g/mol. The summed E-state index contributed by atoms with van der Waals surface area (Å²) in [7, 11) is 3.86. The van der Waals surface area contributed by atoms with Crippen LogP contribution in [-0.2, 0) is 6.54 Å². The molecule has 0 aliphatic rings. The predicted octanol–water partition coefficient (Wildman–Crippen LogP) is 2.78. The van der Waals surface area contributed by atoms with Crippen molar-refractivity contribution < 1.29 is 4.42 Å². The third-order valence-electron chi connectivity index (χ3n) is 2.90. The fourth-order valence-electron chi connectivity index (χ4n) is 2.00. The molecule has 1 aromatic carbocycles. The quantitative estimate of drug-likeness (QED) is 0.899. The molecule has 0 spiro atoms. The molecule has 0 aliphatic carbocycles. The Hall–Kier alpha value is -1.81. The van der Waals surface area contributed by atoms with Gasteiger partial charge in [-0.3, -0.25) is 4.90 Å². The van der Waals surface area contributed by atoms with Crippen LogP contribution in [0.25, 0.3) is 0 Å². The van der Waals surface area contributed by atoms with Crippen molar-refractivity contribution in [2.24, 2.45) is 0 Å². The minimum Gasteiger partial charge on any atom is -0.431 e. The second kappa shape index (κ2) is 5.23. The molecule has 0 saturated carbocycles. The van der Waals surface area contributed by atoms with Gasteiger partial charge in [0.15, 0.2) is 0 Å². The van der Waals surface area contributed by atoms with E-state index in [-0.39, 0.29) is 0 Å². The van der Waals surface area contributed by atoms with Crippen molar-refractivity contribution in [3.05, 3.63) is 41.3 Å². The van der Waals surface area contributed by atoms with Gasteiger partial charge in [-0.25, -0.2) is 0 Å². The Labute approximate surface area is 108 Å². The molecular weight excluding hydrogens is 226 g/mol. The van der Waals surface area contributed by atoms with Gasteiger partial charge in [0.25, 0.3) is 0 Å². The van der Waals surface area contributed by atoms with Crippen LogP contribution in [0.15, 0.2) is 28.9 Å². The molecular formula is C14H19N3O. The van der Waals surface area contributed by atoms with Crippen LogP contribution in [-0.4, -0.2) is 19.1 Å². The standard InChI is InChI=1S/C14H19N3O/c1-10-5-6-13(11(2)7-10)17(4)14-16-12(8-15-3)9-18-14/h5-7,9,15H,8H2,1-4H3. The van der Waals surface area contributed by atoms with Gasteiger partial charge in [0.2, 0.25) is 0 Å². The first kappa shape index (κ1) is 12.6. The summed E-state index contributed by atoms with van der Waals surface area (Å²) in [6, 6.07) is 6.96. The molecule has 0 aliphatic heterocycles. The average molecular weight is 245 g/mol. The Bertz CT molecular complexity index is 534. The normalized spacial score (nSPS) is 10.7. The van der Waals surface area contributed by atoms with E-state index in [0.717, 1.165) is 11.4 Å². The lowest BCUT2D eigenvalue weighted by atomic mass is 10.1. The Balaban J connectivity index is 2.26. The van der Waals surface area contributed by atoms with Gasteiger partial charge < -0.3 is 9.73 Å². The lowest BCUT2D eigenvalue weighted by molar-refractivity contribution is 0.558. The molecule has 96 valence electrons. The minimum atomic E-state index is 0.618. The summed E-state index contributed by atoms with van der Waals surface area (Å²) in [4.78, 5) is 6.40. The zero-order valence-corrected chi connectivity index (χ0v) is 11.3. The summed E-state index contributed by atoms with van der Waals surface area (Å²) in [5.74, 6) is 0. The van der Waals surface area contributed by atoms with Crippen molar-refractivity contribution in [1.82, 2.24) is 10.3 Å². The zero-order chi connectivity index (χ0) is 13.1. The molecule has 0 radical (unpaired) electrons. The van der Waals surface area contributed by atoms with Crippen molar-refractivity contribution in [2.75, 3.05) is 19.0 Å². The topological polar surface area (TPSA) is 41.3 Å². The number of benzene rings is 1. The molecule has 0 saturated heterocycles. The third kappa shape index (κ3) is 2.54. The van der Waals surface area contributed by atoms with Crippen LogP contribution in [0, 0.1) is 13.8 Å². The summed E-state index contributed by atoms with van der Waals surface area (Å²) >= 11 is 0. The fourth-order valence-corrected chi connectivity index (χ4v) is 2.00. The van der Waals surface area contributed by atoms with Gasteiger partial charge in [0, 0.05) is 19.3 Å². The van der Waals surface area contributed by atoms with Crippen LogP contribution < -0.4 is 10.2 Å². The molecule has 1 N–H and O–H groups in total. The van der Waals surface area contributed by atoms with E-state index in [2.05, 4.69) is 42.3 Å². The van der Waals surface area contributed by atoms with Crippen molar-refractivity contribution in [3.8, 4) is 0 Å². The van der Waals surface area contributed by atoms with Crippen LogP contribution in [0.1, 0.15) is 16.8 Å². The molecule has 0 amide bonds. The van der Waals surface area contributed by atoms with Crippen molar-refractivity contribution >= 4 is 11.7 Å². The van der Waals surface area contributed by atoms with E-state index in [0.29, 0.717) is 12.6 Å². The van der Waals surface area contributed by atoms with Gasteiger partial charge >= 0.3 is 6.01 Å². The Morgan fingerprint density at radius 1 is 1.33 bits per heavy atom. The van der Waals surface area contributed by atoms with E-state index in [1.54, 1.807) is 6.26 Å². The third-order valence-corrected chi connectivity index (χ3v) is 2.90. The van der Waals surface area contributed by atoms with Gasteiger partial charge in [-0.15, -0.1) is 0 Å². The van der Waals surface area contributed by atoms with Crippen LogP contribution in [0.5, 0.6) is 0 Å². The number of hydrogen-bond acceptors (Lipinski definition) is 4. The van der Waals surface area contributed by atoms with E-state index in [1.807, 2.05) is 19.0 Å². The van der Waals surface area contributed by atoms with E-state index < -0.39 is 0 Å². The van der Waals surface area contributed by atoms with E-state index in [1.165, 1.54) is 11.1 Å². The fraction of sp³-hybridized carbons (Fsp3) is 0.357. The SMILES string of the molecule is CNCc1coc(N(C)c2ccc(C)cc2C)n1. The number of nitrogens with zero attached hydrogens (tertiary/aromatic N) is 2. The molecule has 0 bridgehead atoms. The summed E-state index contributed by atoms with van der Waals surface area (Å²) in [5, 5.41) is 3.05. The summed E-state index contributed by atoms with van der Waals surface area (Å²) in [6.07, 6.45) is 1.69. The zero-order valence-electron chi connectivity index (χ0n) is 11.3. The van der Waals surface area contributed by atoms with Crippen molar-refractivity contribution in [1.29, 1.82) is 0 Å². The number of hydrogen-bond donors (Lipinski definition) is 1. The van der Waals surface area contributed by atoms with Crippen LogP contribution in [0.2, 0.25) is 0 Å².